The molecule has 0 N–H and O–H groups in total. The third kappa shape index (κ3) is 4.62. The van der Waals surface area contributed by atoms with Crippen LogP contribution >= 0.6 is 0 Å². The van der Waals surface area contributed by atoms with E-state index in [0.717, 1.165) is 41.1 Å². The molecule has 3 aromatic rings. The van der Waals surface area contributed by atoms with Crippen molar-refractivity contribution in [2.75, 3.05) is 20.3 Å². The van der Waals surface area contributed by atoms with Crippen LogP contribution in [0.25, 0.3) is 16.9 Å². The van der Waals surface area contributed by atoms with Crippen molar-refractivity contribution in [2.45, 2.75) is 71.9 Å². The molecule has 0 aliphatic carbocycles. The summed E-state index contributed by atoms with van der Waals surface area (Å²) in [4.78, 5) is 18.7. The van der Waals surface area contributed by atoms with E-state index in [0.29, 0.717) is 38.2 Å². The molecule has 0 spiro atoms. The third-order valence-electron chi connectivity index (χ3n) is 7.47. The molecule has 0 fully saturated rings. The van der Waals surface area contributed by atoms with Crippen molar-refractivity contribution in [1.29, 1.82) is 0 Å². The lowest BCUT2D eigenvalue weighted by Crippen LogP contribution is -2.40. The van der Waals surface area contributed by atoms with E-state index in [1.54, 1.807) is 10.9 Å². The lowest BCUT2D eigenvalue weighted by Gasteiger charge is -2.36. The predicted octanol–water partition coefficient (Wildman–Crippen LogP) is 4.65. The highest BCUT2D eigenvalue weighted by molar-refractivity contribution is 5.80. The molecule has 38 heavy (non-hydrogen) atoms. The normalized spacial score (nSPS) is 17.1. The molecule has 1 unspecified atom stereocenters. The van der Waals surface area contributed by atoms with Crippen LogP contribution in [0.2, 0.25) is 0 Å². The molecular weight excluding hydrogens is 487 g/mol. The molecule has 202 valence electrons. The highest BCUT2D eigenvalue weighted by atomic mass is 19.1. The van der Waals surface area contributed by atoms with Crippen LogP contribution in [0, 0.1) is 5.82 Å². The fraction of sp³-hybridized carbons (Fsp3) is 0.500. The maximum absolute atomic E-state index is 14.5. The number of amides is 1. The standard InChI is InChI=1S/C28H35FN6O3/c1-6-24-21(7-8-26(36)34(24)17(2)3)18(4)33-16-19(14-31-33)27-22-9-11-38-12-10-25(22)35(32-27)20-13-23(29)28(37-5)30-15-20/h13-18H,6-12H2,1-5H3. The fourth-order valence-electron chi connectivity index (χ4n) is 5.67. The van der Waals surface area contributed by atoms with E-state index in [1.807, 2.05) is 22.0 Å². The minimum Gasteiger partial charge on any atom is -0.479 e. The van der Waals surface area contributed by atoms with Crippen molar-refractivity contribution in [3.63, 3.8) is 0 Å². The number of aromatic nitrogens is 5. The number of carbonyl (C=O) groups excluding carboxylic acids is 1. The second kappa shape index (κ2) is 10.7. The summed E-state index contributed by atoms with van der Waals surface area (Å²) < 4.78 is 29.0. The zero-order valence-electron chi connectivity index (χ0n) is 22.7. The van der Waals surface area contributed by atoms with Crippen LogP contribution < -0.4 is 4.74 Å². The van der Waals surface area contributed by atoms with Gasteiger partial charge >= 0.3 is 0 Å². The fourth-order valence-corrected chi connectivity index (χ4v) is 5.67. The summed E-state index contributed by atoms with van der Waals surface area (Å²) >= 11 is 0. The number of carbonyl (C=O) groups is 1. The van der Waals surface area contributed by atoms with Crippen molar-refractivity contribution < 1.29 is 18.7 Å². The highest BCUT2D eigenvalue weighted by Crippen LogP contribution is 2.36. The van der Waals surface area contributed by atoms with Crippen LogP contribution in [-0.4, -0.2) is 61.7 Å². The first-order valence-electron chi connectivity index (χ1n) is 13.3. The molecule has 1 atom stereocenters. The van der Waals surface area contributed by atoms with E-state index >= 15 is 0 Å². The monoisotopic (exact) mass is 522 g/mol. The molecule has 2 aliphatic rings. The van der Waals surface area contributed by atoms with Gasteiger partial charge in [-0.15, -0.1) is 0 Å². The first-order chi connectivity index (χ1) is 18.3. The first kappa shape index (κ1) is 26.1. The van der Waals surface area contributed by atoms with Gasteiger partial charge in [-0.05, 0) is 45.6 Å². The topological polar surface area (TPSA) is 87.3 Å². The Morgan fingerprint density at radius 2 is 1.92 bits per heavy atom. The minimum absolute atomic E-state index is 0.00282. The Bertz CT molecular complexity index is 1370. The summed E-state index contributed by atoms with van der Waals surface area (Å²) in [6.07, 6.45) is 8.83. The van der Waals surface area contributed by atoms with Gasteiger partial charge in [0.05, 0.1) is 55.8 Å². The first-order valence-corrected chi connectivity index (χ1v) is 13.3. The summed E-state index contributed by atoms with van der Waals surface area (Å²) in [6.45, 7) is 9.52. The number of methoxy groups -OCH3 is 1. The third-order valence-corrected chi connectivity index (χ3v) is 7.47. The van der Waals surface area contributed by atoms with Crippen molar-refractivity contribution in [3.05, 3.63) is 53.0 Å². The van der Waals surface area contributed by atoms with Crippen LogP contribution in [0.3, 0.4) is 0 Å². The Labute approximate surface area is 222 Å². The van der Waals surface area contributed by atoms with E-state index in [4.69, 9.17) is 19.7 Å². The van der Waals surface area contributed by atoms with E-state index in [-0.39, 0.29) is 23.9 Å². The van der Waals surface area contributed by atoms with Gasteiger partial charge in [0.1, 0.15) is 0 Å². The molecule has 0 saturated carbocycles. The molecular formula is C28H35FN6O3. The predicted molar refractivity (Wildman–Crippen MR) is 141 cm³/mol. The number of halogens is 1. The van der Waals surface area contributed by atoms with Crippen LogP contribution in [0.1, 0.15) is 64.3 Å². The van der Waals surface area contributed by atoms with Crippen LogP contribution in [0.4, 0.5) is 4.39 Å². The van der Waals surface area contributed by atoms with Crippen LogP contribution in [0.15, 0.2) is 35.9 Å². The van der Waals surface area contributed by atoms with Crippen LogP contribution in [-0.2, 0) is 22.4 Å². The molecule has 9 nitrogen and oxygen atoms in total. The van der Waals surface area contributed by atoms with Gasteiger partial charge in [-0.1, -0.05) is 6.92 Å². The van der Waals surface area contributed by atoms with E-state index < -0.39 is 5.82 Å². The van der Waals surface area contributed by atoms with Crippen molar-refractivity contribution in [2.24, 2.45) is 0 Å². The van der Waals surface area contributed by atoms with Crippen molar-refractivity contribution >= 4 is 5.91 Å². The maximum atomic E-state index is 14.5. The minimum atomic E-state index is -0.538. The number of nitrogens with zero attached hydrogens (tertiary/aromatic N) is 6. The summed E-state index contributed by atoms with van der Waals surface area (Å²) in [5.41, 5.74) is 6.65. The Kier molecular flexibility index (Phi) is 7.34. The average Bonchev–Trinajstić information content (AvgIpc) is 3.45. The lowest BCUT2D eigenvalue weighted by molar-refractivity contribution is -0.131. The summed E-state index contributed by atoms with van der Waals surface area (Å²) in [5, 5.41) is 9.65. The molecule has 2 aliphatic heterocycles. The molecule has 0 radical (unpaired) electrons. The molecule has 0 bridgehead atoms. The second-order valence-corrected chi connectivity index (χ2v) is 10.1. The highest BCUT2D eigenvalue weighted by Gasteiger charge is 2.31. The Morgan fingerprint density at radius 3 is 2.63 bits per heavy atom. The van der Waals surface area contributed by atoms with E-state index in [1.165, 1.54) is 18.7 Å². The average molecular weight is 523 g/mol. The number of pyridine rings is 1. The van der Waals surface area contributed by atoms with Gasteiger partial charge in [-0.2, -0.15) is 10.2 Å². The number of allylic oxidation sites excluding steroid dienone is 2. The maximum Gasteiger partial charge on any atom is 0.250 e. The largest absolute Gasteiger partial charge is 0.479 e. The number of rotatable bonds is 7. The van der Waals surface area contributed by atoms with E-state index in [9.17, 15) is 9.18 Å². The molecule has 3 aromatic heterocycles. The zero-order valence-corrected chi connectivity index (χ0v) is 22.7. The van der Waals surface area contributed by atoms with E-state index in [2.05, 4.69) is 32.7 Å². The molecule has 5 heterocycles. The quantitative estimate of drug-likeness (QED) is 0.449. The summed E-state index contributed by atoms with van der Waals surface area (Å²) in [6, 6.07) is 1.51. The SMILES string of the molecule is CCC1=C(C(C)n2cc(-c3nn(-c4cnc(OC)c(F)c4)c4c3CCOCC4)cn2)CCC(=O)N1C(C)C. The van der Waals surface area contributed by atoms with Gasteiger partial charge in [-0.3, -0.25) is 9.48 Å². The lowest BCUT2D eigenvalue weighted by atomic mass is 9.93. The van der Waals surface area contributed by atoms with Gasteiger partial charge in [0.2, 0.25) is 11.8 Å². The number of fused-ring (bicyclic) bond motifs is 1. The van der Waals surface area contributed by atoms with Gasteiger partial charge < -0.3 is 14.4 Å². The smallest absolute Gasteiger partial charge is 0.250 e. The number of hydrogen-bond acceptors (Lipinski definition) is 6. The molecule has 5 rings (SSSR count). The number of ether oxygens (including phenoxy) is 2. The van der Waals surface area contributed by atoms with Gasteiger partial charge in [-0.25, -0.2) is 14.1 Å². The number of hydrogen-bond donors (Lipinski definition) is 0. The second-order valence-electron chi connectivity index (χ2n) is 10.1. The van der Waals surface area contributed by atoms with Gasteiger partial charge in [0.15, 0.2) is 5.82 Å². The van der Waals surface area contributed by atoms with Gasteiger partial charge in [0, 0.05) is 48.0 Å². The van der Waals surface area contributed by atoms with Crippen molar-refractivity contribution in [3.8, 4) is 22.8 Å². The summed E-state index contributed by atoms with van der Waals surface area (Å²) in [5.74, 6) is -0.399. The molecule has 10 heteroatoms. The van der Waals surface area contributed by atoms with Crippen LogP contribution in [0.5, 0.6) is 5.88 Å². The molecule has 0 saturated heterocycles. The zero-order chi connectivity index (χ0) is 27.0. The molecule has 1 amide bonds. The summed E-state index contributed by atoms with van der Waals surface area (Å²) in [7, 11) is 1.39. The van der Waals surface area contributed by atoms with Crippen molar-refractivity contribution in [1.82, 2.24) is 29.4 Å². The van der Waals surface area contributed by atoms with Gasteiger partial charge in [0.25, 0.3) is 0 Å². The Balaban J connectivity index is 1.54. The molecule has 0 aromatic carbocycles. The Morgan fingerprint density at radius 1 is 1.13 bits per heavy atom. The Hall–Kier alpha value is -3.53.